The van der Waals surface area contributed by atoms with E-state index in [1.807, 2.05) is 0 Å². The van der Waals surface area contributed by atoms with Crippen molar-refractivity contribution >= 4 is 6.21 Å². The molecule has 0 aliphatic carbocycles. The van der Waals surface area contributed by atoms with Gasteiger partial charge in [0.1, 0.15) is 0 Å². The second-order valence-corrected chi connectivity index (χ2v) is 6.54. The summed E-state index contributed by atoms with van der Waals surface area (Å²) in [5.41, 5.74) is 0.579. The minimum Gasteiger partial charge on any atom is -0.296 e. The summed E-state index contributed by atoms with van der Waals surface area (Å²) < 4.78 is 0. The molecule has 0 amide bonds. The Morgan fingerprint density at radius 3 is 1.79 bits per heavy atom. The summed E-state index contributed by atoms with van der Waals surface area (Å²) in [6.07, 6.45) is 2.12. The lowest BCUT2D eigenvalue weighted by Gasteiger charge is -2.41. The highest BCUT2D eigenvalue weighted by Gasteiger charge is 2.43. The predicted octanol–water partition coefficient (Wildman–Crippen LogP) is 2.99. The second kappa shape index (κ2) is 3.25. The van der Waals surface area contributed by atoms with Gasteiger partial charge in [-0.3, -0.25) is 5.01 Å². The van der Waals surface area contributed by atoms with Gasteiger partial charge in [-0.15, -0.1) is 0 Å². The van der Waals surface area contributed by atoms with Gasteiger partial charge in [-0.1, -0.05) is 41.5 Å². The van der Waals surface area contributed by atoms with Crippen LogP contribution in [0.15, 0.2) is 5.10 Å². The Hall–Kier alpha value is -0.530. The summed E-state index contributed by atoms with van der Waals surface area (Å²) in [5.74, 6) is 0.549. The molecule has 2 unspecified atom stereocenters. The lowest BCUT2D eigenvalue weighted by molar-refractivity contribution is 0.0790. The monoisotopic (exact) mass is 196 g/mol. The molecule has 0 N–H and O–H groups in total. The first kappa shape index (κ1) is 11.5. The average molecular weight is 196 g/mol. The molecule has 0 radical (unpaired) electrons. The molecule has 1 aliphatic heterocycles. The molecule has 0 bridgehead atoms. The molecule has 2 nitrogen and oxygen atoms in total. The zero-order chi connectivity index (χ0) is 11.1. The van der Waals surface area contributed by atoms with Crippen molar-refractivity contribution in [1.29, 1.82) is 0 Å². The molecule has 0 aromatic carbocycles. The van der Waals surface area contributed by atoms with Crippen LogP contribution in [-0.2, 0) is 0 Å². The van der Waals surface area contributed by atoms with Crippen LogP contribution in [-0.4, -0.2) is 24.3 Å². The maximum Gasteiger partial charge on any atom is 0.0598 e. The molecule has 0 aromatic heterocycles. The molecule has 0 saturated heterocycles. The van der Waals surface area contributed by atoms with Crippen molar-refractivity contribution in [1.82, 2.24) is 5.01 Å². The van der Waals surface area contributed by atoms with Crippen LogP contribution in [0.25, 0.3) is 0 Å². The van der Waals surface area contributed by atoms with Gasteiger partial charge in [0.25, 0.3) is 0 Å². The van der Waals surface area contributed by atoms with Gasteiger partial charge in [0.05, 0.1) is 6.04 Å². The first-order chi connectivity index (χ1) is 6.14. The fourth-order valence-corrected chi connectivity index (χ4v) is 2.36. The van der Waals surface area contributed by atoms with Crippen molar-refractivity contribution in [3.05, 3.63) is 0 Å². The van der Waals surface area contributed by atoms with E-state index in [1.54, 1.807) is 0 Å². The van der Waals surface area contributed by atoms with Gasteiger partial charge in [0, 0.05) is 19.2 Å². The summed E-state index contributed by atoms with van der Waals surface area (Å²) in [4.78, 5) is 0. The molecule has 82 valence electrons. The lowest BCUT2D eigenvalue weighted by Crippen LogP contribution is -2.45. The third-order valence-corrected chi connectivity index (χ3v) is 3.04. The molecular weight excluding hydrogens is 172 g/mol. The third-order valence-electron chi connectivity index (χ3n) is 3.04. The van der Waals surface area contributed by atoms with Gasteiger partial charge in [0.15, 0.2) is 0 Å². The van der Waals surface area contributed by atoms with E-state index in [2.05, 4.69) is 64.9 Å². The van der Waals surface area contributed by atoms with E-state index in [-0.39, 0.29) is 5.41 Å². The van der Waals surface area contributed by atoms with Crippen molar-refractivity contribution in [2.75, 3.05) is 7.05 Å². The Kier molecular flexibility index (Phi) is 2.68. The smallest absolute Gasteiger partial charge is 0.0598 e. The molecule has 1 heterocycles. The normalized spacial score (nSPS) is 28.6. The maximum absolute atomic E-state index is 4.44. The lowest BCUT2D eigenvalue weighted by atomic mass is 9.69. The van der Waals surface area contributed by atoms with E-state index in [4.69, 9.17) is 0 Å². The minimum absolute atomic E-state index is 0.281. The fourth-order valence-electron chi connectivity index (χ4n) is 2.36. The van der Waals surface area contributed by atoms with Crippen LogP contribution >= 0.6 is 0 Å². The Bertz CT molecular complexity index is 230. The van der Waals surface area contributed by atoms with Gasteiger partial charge in [-0.25, -0.2) is 0 Å². The van der Waals surface area contributed by atoms with Crippen LogP contribution < -0.4 is 0 Å². The number of hydrogen-bond acceptors (Lipinski definition) is 2. The second-order valence-electron chi connectivity index (χ2n) is 6.54. The van der Waals surface area contributed by atoms with Crippen LogP contribution in [0.4, 0.5) is 0 Å². The van der Waals surface area contributed by atoms with Crippen LogP contribution in [0.3, 0.4) is 0 Å². The summed E-state index contributed by atoms with van der Waals surface area (Å²) in [7, 11) is 2.08. The van der Waals surface area contributed by atoms with Gasteiger partial charge in [-0.2, -0.15) is 5.10 Å². The quantitative estimate of drug-likeness (QED) is 0.581. The van der Waals surface area contributed by atoms with Gasteiger partial charge < -0.3 is 0 Å². The summed E-state index contributed by atoms with van der Waals surface area (Å²) in [6, 6.07) is 0.516. The molecule has 2 atom stereocenters. The zero-order valence-corrected chi connectivity index (χ0v) is 10.6. The Balaban J connectivity index is 2.93. The molecule has 0 saturated carbocycles. The van der Waals surface area contributed by atoms with Crippen molar-refractivity contribution in [2.24, 2.45) is 21.8 Å². The van der Waals surface area contributed by atoms with Gasteiger partial charge in [-0.05, 0) is 10.8 Å². The largest absolute Gasteiger partial charge is 0.296 e. The molecular formula is C12H24N2. The number of rotatable bonds is 0. The van der Waals surface area contributed by atoms with Crippen LogP contribution in [0.1, 0.15) is 41.5 Å². The highest BCUT2D eigenvalue weighted by molar-refractivity contribution is 5.65. The standard InChI is InChI=1S/C12H24N2/c1-11(2,3)9-8-13-14(7)10(9)12(4,5)6/h8-10H,1-7H3. The summed E-state index contributed by atoms with van der Waals surface area (Å²) >= 11 is 0. The highest BCUT2D eigenvalue weighted by Crippen LogP contribution is 2.40. The average Bonchev–Trinajstić information content (AvgIpc) is 2.27. The van der Waals surface area contributed by atoms with Crippen LogP contribution in [0.2, 0.25) is 0 Å². The first-order valence-electron chi connectivity index (χ1n) is 5.41. The Labute approximate surface area is 88.4 Å². The summed E-state index contributed by atoms with van der Waals surface area (Å²) in [5, 5.41) is 6.56. The minimum atomic E-state index is 0.281. The number of nitrogens with zero attached hydrogens (tertiary/aromatic N) is 2. The Morgan fingerprint density at radius 1 is 1.00 bits per heavy atom. The SMILES string of the molecule is CN1N=CC(C(C)(C)C)C1C(C)(C)C. The molecule has 14 heavy (non-hydrogen) atoms. The van der Waals surface area contributed by atoms with E-state index >= 15 is 0 Å². The predicted molar refractivity (Wildman–Crippen MR) is 62.4 cm³/mol. The fraction of sp³-hybridized carbons (Fsp3) is 0.917. The number of hydrazone groups is 1. The molecule has 2 heteroatoms. The Morgan fingerprint density at radius 2 is 1.50 bits per heavy atom. The molecule has 0 spiro atoms. The molecule has 0 aromatic rings. The van der Waals surface area contributed by atoms with E-state index in [1.165, 1.54) is 0 Å². The van der Waals surface area contributed by atoms with Crippen LogP contribution in [0, 0.1) is 16.7 Å². The maximum atomic E-state index is 4.44. The first-order valence-corrected chi connectivity index (χ1v) is 5.41. The van der Waals surface area contributed by atoms with E-state index in [0.717, 1.165) is 0 Å². The van der Waals surface area contributed by atoms with Crippen molar-refractivity contribution in [3.63, 3.8) is 0 Å². The summed E-state index contributed by atoms with van der Waals surface area (Å²) in [6.45, 7) is 13.8. The molecule has 1 rings (SSSR count). The highest BCUT2D eigenvalue weighted by atomic mass is 15.5. The molecule has 1 aliphatic rings. The number of hydrogen-bond donors (Lipinski definition) is 0. The van der Waals surface area contributed by atoms with E-state index in [0.29, 0.717) is 17.4 Å². The van der Waals surface area contributed by atoms with Crippen molar-refractivity contribution < 1.29 is 0 Å². The van der Waals surface area contributed by atoms with Gasteiger partial charge >= 0.3 is 0 Å². The van der Waals surface area contributed by atoms with E-state index < -0.39 is 0 Å². The van der Waals surface area contributed by atoms with Gasteiger partial charge in [0.2, 0.25) is 0 Å². The third kappa shape index (κ3) is 2.10. The van der Waals surface area contributed by atoms with E-state index in [9.17, 15) is 0 Å². The topological polar surface area (TPSA) is 15.6 Å². The van der Waals surface area contributed by atoms with Crippen LogP contribution in [0.5, 0.6) is 0 Å². The van der Waals surface area contributed by atoms with Crippen molar-refractivity contribution in [2.45, 2.75) is 47.6 Å². The molecule has 0 fully saturated rings. The zero-order valence-electron chi connectivity index (χ0n) is 10.6. The van der Waals surface area contributed by atoms with Crippen molar-refractivity contribution in [3.8, 4) is 0 Å².